The van der Waals surface area contributed by atoms with E-state index >= 15 is 0 Å². The highest BCUT2D eigenvalue weighted by Crippen LogP contribution is 2.37. The third kappa shape index (κ3) is 2.46. The zero-order valence-corrected chi connectivity index (χ0v) is 14.2. The Balaban J connectivity index is 2.04. The van der Waals surface area contributed by atoms with Crippen LogP contribution in [0.15, 0.2) is 47.3 Å². The normalized spacial score (nSPS) is 13.4. The molecule has 0 saturated heterocycles. The minimum absolute atomic E-state index is 0.0170. The van der Waals surface area contributed by atoms with Gasteiger partial charge in [0.1, 0.15) is 5.82 Å². The van der Waals surface area contributed by atoms with E-state index in [2.05, 4.69) is 10.2 Å². The van der Waals surface area contributed by atoms with Crippen LogP contribution in [-0.4, -0.2) is 20.7 Å². The van der Waals surface area contributed by atoms with Crippen molar-refractivity contribution in [3.05, 3.63) is 69.4 Å². The Hall–Kier alpha value is -2.86. The van der Waals surface area contributed by atoms with Crippen molar-refractivity contribution in [2.24, 2.45) is 0 Å². The maximum Gasteiger partial charge on any atom is 0.348 e. The second kappa shape index (κ2) is 5.89. The van der Waals surface area contributed by atoms with Gasteiger partial charge in [0.2, 0.25) is 5.91 Å². The van der Waals surface area contributed by atoms with Crippen LogP contribution in [-0.2, 0) is 17.6 Å². The zero-order chi connectivity index (χ0) is 17.6. The van der Waals surface area contributed by atoms with E-state index in [0.717, 1.165) is 17.7 Å². The Morgan fingerprint density at radius 3 is 2.72 bits per heavy atom. The molecule has 1 aromatic heterocycles. The number of aromatic amines is 1. The van der Waals surface area contributed by atoms with Gasteiger partial charge in [0.05, 0.1) is 23.5 Å². The fourth-order valence-corrected chi connectivity index (χ4v) is 3.37. The molecule has 0 saturated carbocycles. The second-order valence-corrected chi connectivity index (χ2v) is 6.24. The van der Waals surface area contributed by atoms with Crippen LogP contribution < -0.4 is 10.6 Å². The summed E-state index contributed by atoms with van der Waals surface area (Å²) in [6.45, 7) is 2.04. The molecule has 0 radical (unpaired) electrons. The molecule has 25 heavy (non-hydrogen) atoms. The van der Waals surface area contributed by atoms with Crippen molar-refractivity contribution in [2.75, 3.05) is 4.90 Å². The Bertz CT molecular complexity index is 1040. The lowest BCUT2D eigenvalue weighted by molar-refractivity contribution is -0.117. The summed E-state index contributed by atoms with van der Waals surface area (Å²) < 4.78 is 1.43. The summed E-state index contributed by atoms with van der Waals surface area (Å²) in [6, 6.07) is 12.9. The number of amides is 1. The first-order valence-electron chi connectivity index (χ1n) is 7.97. The van der Waals surface area contributed by atoms with E-state index in [1.165, 1.54) is 4.57 Å². The Morgan fingerprint density at radius 1 is 1.12 bits per heavy atom. The van der Waals surface area contributed by atoms with E-state index in [1.807, 2.05) is 31.2 Å². The van der Waals surface area contributed by atoms with Gasteiger partial charge in [-0.25, -0.2) is 14.5 Å². The number of para-hydroxylation sites is 1. The minimum atomic E-state index is -0.378. The monoisotopic (exact) mass is 354 g/mol. The van der Waals surface area contributed by atoms with Gasteiger partial charge in [-0.2, -0.15) is 5.10 Å². The van der Waals surface area contributed by atoms with Crippen molar-refractivity contribution < 1.29 is 4.79 Å². The quantitative estimate of drug-likeness (QED) is 0.769. The summed E-state index contributed by atoms with van der Waals surface area (Å²) in [6.07, 6.45) is 0.796. The number of H-pyrrole nitrogens is 1. The number of carbonyl (C=O) groups excluding carboxylic acids is 1. The van der Waals surface area contributed by atoms with Gasteiger partial charge in [-0.05, 0) is 36.2 Å². The topological polar surface area (TPSA) is 71.0 Å². The van der Waals surface area contributed by atoms with E-state index in [1.54, 1.807) is 23.1 Å². The molecule has 0 aliphatic carbocycles. The molecule has 6 nitrogen and oxygen atoms in total. The van der Waals surface area contributed by atoms with E-state index < -0.39 is 0 Å². The lowest BCUT2D eigenvalue weighted by Crippen LogP contribution is -2.27. The van der Waals surface area contributed by atoms with Gasteiger partial charge < -0.3 is 0 Å². The van der Waals surface area contributed by atoms with E-state index in [-0.39, 0.29) is 18.0 Å². The first-order chi connectivity index (χ1) is 12.1. The molecule has 126 valence electrons. The molecule has 7 heteroatoms. The van der Waals surface area contributed by atoms with Gasteiger partial charge in [-0.1, -0.05) is 36.7 Å². The summed E-state index contributed by atoms with van der Waals surface area (Å²) in [5.74, 6) is 0.220. The smallest absolute Gasteiger partial charge is 0.278 e. The number of hydrogen-bond acceptors (Lipinski definition) is 3. The van der Waals surface area contributed by atoms with Crippen molar-refractivity contribution in [3.63, 3.8) is 0 Å². The molecular formula is C18H15ClN4O2. The highest BCUT2D eigenvalue weighted by Gasteiger charge is 2.30. The second-order valence-electron chi connectivity index (χ2n) is 5.80. The average molecular weight is 355 g/mol. The van der Waals surface area contributed by atoms with Gasteiger partial charge in [0.15, 0.2) is 0 Å². The standard InChI is InChI=1S/C18H15ClN4O2/c1-2-11-5-3-4-6-13(11)22-15-9-12(19)7-8-14(15)23-16(10-17(22)24)20-21-18(23)25/h3-9H,2,10H2,1H3,(H,21,25). The Kier molecular flexibility index (Phi) is 3.69. The van der Waals surface area contributed by atoms with Crippen LogP contribution in [0.4, 0.5) is 11.4 Å². The molecule has 2 aromatic carbocycles. The summed E-state index contributed by atoms with van der Waals surface area (Å²) in [4.78, 5) is 26.9. The Morgan fingerprint density at radius 2 is 1.92 bits per heavy atom. The molecule has 2 heterocycles. The van der Waals surface area contributed by atoms with Gasteiger partial charge in [0.25, 0.3) is 0 Å². The molecule has 3 aromatic rings. The zero-order valence-electron chi connectivity index (χ0n) is 13.5. The number of aryl methyl sites for hydroxylation is 1. The largest absolute Gasteiger partial charge is 0.348 e. The molecule has 4 rings (SSSR count). The van der Waals surface area contributed by atoms with Crippen LogP contribution in [0, 0.1) is 0 Å². The maximum absolute atomic E-state index is 13.0. The first-order valence-corrected chi connectivity index (χ1v) is 8.35. The summed E-state index contributed by atoms with van der Waals surface area (Å²) in [5, 5.41) is 6.91. The molecule has 1 aliphatic heterocycles. The number of aromatic nitrogens is 3. The number of hydrogen-bond donors (Lipinski definition) is 1. The van der Waals surface area contributed by atoms with Crippen molar-refractivity contribution in [2.45, 2.75) is 19.8 Å². The van der Waals surface area contributed by atoms with Gasteiger partial charge in [-0.3, -0.25) is 9.69 Å². The Labute approximate surface area is 148 Å². The van der Waals surface area contributed by atoms with Crippen LogP contribution in [0.25, 0.3) is 5.69 Å². The van der Waals surface area contributed by atoms with Crippen LogP contribution >= 0.6 is 11.6 Å². The molecule has 1 N–H and O–H groups in total. The molecule has 0 unspecified atom stereocenters. The third-order valence-electron chi connectivity index (χ3n) is 4.33. The lowest BCUT2D eigenvalue weighted by Gasteiger charge is -2.25. The number of anilines is 2. The third-order valence-corrected chi connectivity index (χ3v) is 4.57. The molecule has 1 amide bonds. The SMILES string of the molecule is CCc1ccccc1N1C(=O)Cc2n[nH]c(=O)n2-c2ccc(Cl)cc21. The molecule has 1 aliphatic rings. The average Bonchev–Trinajstić information content (AvgIpc) is 2.90. The van der Waals surface area contributed by atoms with Crippen molar-refractivity contribution in [1.29, 1.82) is 0 Å². The molecule has 0 spiro atoms. The van der Waals surface area contributed by atoms with Crippen LogP contribution in [0.5, 0.6) is 0 Å². The van der Waals surface area contributed by atoms with E-state index in [9.17, 15) is 9.59 Å². The van der Waals surface area contributed by atoms with Gasteiger partial charge >= 0.3 is 5.69 Å². The summed E-state index contributed by atoms with van der Waals surface area (Å²) in [5.41, 5.74) is 2.60. The predicted octanol–water partition coefficient (Wildman–Crippen LogP) is 3.00. The fourth-order valence-electron chi connectivity index (χ4n) is 3.20. The number of nitrogens with zero attached hydrogens (tertiary/aromatic N) is 3. The molecular weight excluding hydrogens is 340 g/mol. The maximum atomic E-state index is 13.0. The predicted molar refractivity (Wildman–Crippen MR) is 95.9 cm³/mol. The molecule has 0 atom stereocenters. The van der Waals surface area contributed by atoms with Crippen molar-refractivity contribution >= 4 is 28.9 Å². The number of halogens is 1. The van der Waals surface area contributed by atoms with Gasteiger partial charge in [0, 0.05) is 5.02 Å². The number of carbonyl (C=O) groups is 1. The number of fused-ring (bicyclic) bond motifs is 3. The van der Waals surface area contributed by atoms with Gasteiger partial charge in [-0.15, -0.1) is 0 Å². The summed E-state index contributed by atoms with van der Waals surface area (Å²) >= 11 is 6.20. The van der Waals surface area contributed by atoms with E-state index in [0.29, 0.717) is 22.2 Å². The van der Waals surface area contributed by atoms with Crippen LogP contribution in [0.2, 0.25) is 5.02 Å². The van der Waals surface area contributed by atoms with Crippen molar-refractivity contribution in [1.82, 2.24) is 14.8 Å². The van der Waals surface area contributed by atoms with Crippen LogP contribution in [0.3, 0.4) is 0 Å². The fraction of sp³-hybridized carbons (Fsp3) is 0.167. The van der Waals surface area contributed by atoms with Crippen LogP contribution in [0.1, 0.15) is 18.3 Å². The number of rotatable bonds is 2. The molecule has 0 bridgehead atoms. The number of nitrogens with one attached hydrogen (secondary N) is 1. The minimum Gasteiger partial charge on any atom is -0.278 e. The first kappa shape index (κ1) is 15.7. The lowest BCUT2D eigenvalue weighted by atomic mass is 10.1. The van der Waals surface area contributed by atoms with Crippen molar-refractivity contribution in [3.8, 4) is 5.69 Å². The number of benzene rings is 2. The van der Waals surface area contributed by atoms with E-state index in [4.69, 9.17) is 11.6 Å². The highest BCUT2D eigenvalue weighted by atomic mass is 35.5. The highest BCUT2D eigenvalue weighted by molar-refractivity contribution is 6.31. The summed E-state index contributed by atoms with van der Waals surface area (Å²) in [7, 11) is 0. The molecule has 0 fully saturated rings.